The third-order valence-electron chi connectivity index (χ3n) is 2.63. The van der Waals surface area contributed by atoms with Crippen molar-refractivity contribution >= 4 is 34.1 Å². The van der Waals surface area contributed by atoms with Crippen molar-refractivity contribution in [2.75, 3.05) is 0 Å². The molecular formula is C12H5F5N4S2. The second kappa shape index (κ2) is 5.64. The second-order valence-electron chi connectivity index (χ2n) is 4.32. The molecule has 0 amide bonds. The van der Waals surface area contributed by atoms with Crippen LogP contribution in [0, 0.1) is 18.6 Å². The largest absolute Gasteiger partial charge is 0.436 e. The molecule has 0 aliphatic heterocycles. The number of aromatic nitrogens is 4. The number of rotatable bonds is 2. The molecule has 2 aromatic heterocycles. The summed E-state index contributed by atoms with van der Waals surface area (Å²) in [6.45, 7) is 1.65. The van der Waals surface area contributed by atoms with Crippen LogP contribution in [0.15, 0.2) is 21.5 Å². The van der Waals surface area contributed by atoms with E-state index in [0.29, 0.717) is 28.9 Å². The number of nitrogens with zero attached hydrogens (tertiary/aromatic N) is 4. The normalized spacial score (nSPS) is 12.1. The molecule has 0 aliphatic carbocycles. The Morgan fingerprint density at radius 2 is 1.61 bits per heavy atom. The zero-order valence-corrected chi connectivity index (χ0v) is 12.8. The molecule has 23 heavy (non-hydrogen) atoms. The summed E-state index contributed by atoms with van der Waals surface area (Å²) in [5.74, 6) is -2.51. The van der Waals surface area contributed by atoms with Crippen molar-refractivity contribution in [3.05, 3.63) is 34.5 Å². The molecule has 0 atom stereocenters. The molecule has 4 nitrogen and oxygen atoms in total. The van der Waals surface area contributed by atoms with Gasteiger partial charge < -0.3 is 0 Å². The molecule has 0 bridgehead atoms. The summed E-state index contributed by atoms with van der Waals surface area (Å²) in [5, 5.41) is 7.49. The van der Waals surface area contributed by atoms with Crippen LogP contribution in [0.4, 0.5) is 22.0 Å². The van der Waals surface area contributed by atoms with Gasteiger partial charge in [-0.05, 0) is 18.7 Å². The van der Waals surface area contributed by atoms with E-state index in [1.807, 2.05) is 0 Å². The summed E-state index contributed by atoms with van der Waals surface area (Å²) in [4.78, 5) is 7.15. The van der Waals surface area contributed by atoms with Gasteiger partial charge in [-0.2, -0.15) is 13.2 Å². The Labute approximate surface area is 133 Å². The molecule has 0 fully saturated rings. The van der Waals surface area contributed by atoms with Crippen LogP contribution in [-0.2, 0) is 6.18 Å². The molecule has 0 saturated carbocycles. The van der Waals surface area contributed by atoms with Crippen molar-refractivity contribution in [2.24, 2.45) is 0 Å². The molecule has 2 heterocycles. The molecule has 0 saturated heterocycles. The quantitative estimate of drug-likeness (QED) is 0.637. The lowest BCUT2D eigenvalue weighted by Crippen LogP contribution is -2.11. The number of aryl methyl sites for hydroxylation is 1. The van der Waals surface area contributed by atoms with E-state index in [1.165, 1.54) is 0 Å². The summed E-state index contributed by atoms with van der Waals surface area (Å²) in [6, 6.07) is 1.28. The summed E-state index contributed by atoms with van der Waals surface area (Å²) >= 11 is 1.71. The number of halogens is 5. The van der Waals surface area contributed by atoms with E-state index in [0.717, 1.165) is 11.3 Å². The van der Waals surface area contributed by atoms with Crippen LogP contribution in [0.5, 0.6) is 0 Å². The molecule has 0 unspecified atom stereocenters. The predicted molar refractivity (Wildman–Crippen MR) is 73.2 cm³/mol. The van der Waals surface area contributed by atoms with E-state index >= 15 is 0 Å². The number of benzene rings is 1. The van der Waals surface area contributed by atoms with Crippen molar-refractivity contribution in [1.82, 2.24) is 20.2 Å². The van der Waals surface area contributed by atoms with E-state index in [9.17, 15) is 22.0 Å². The highest BCUT2D eigenvalue weighted by atomic mass is 32.2. The minimum absolute atomic E-state index is 0.180. The highest BCUT2D eigenvalue weighted by molar-refractivity contribution is 8.01. The van der Waals surface area contributed by atoms with E-state index in [2.05, 4.69) is 20.2 Å². The van der Waals surface area contributed by atoms with E-state index in [4.69, 9.17) is 0 Å². The molecule has 0 spiro atoms. The molecule has 120 valence electrons. The highest BCUT2D eigenvalue weighted by Crippen LogP contribution is 2.39. The Morgan fingerprint density at radius 1 is 1.00 bits per heavy atom. The van der Waals surface area contributed by atoms with Crippen LogP contribution < -0.4 is 0 Å². The summed E-state index contributed by atoms with van der Waals surface area (Å²) in [5.41, 5.74) is -1.84. The Kier molecular flexibility index (Phi) is 3.92. The maximum atomic E-state index is 13.3. The fourth-order valence-electron chi connectivity index (χ4n) is 1.69. The van der Waals surface area contributed by atoms with Gasteiger partial charge in [-0.3, -0.25) is 0 Å². The van der Waals surface area contributed by atoms with Gasteiger partial charge in [-0.1, -0.05) is 11.3 Å². The van der Waals surface area contributed by atoms with E-state index in [1.54, 1.807) is 6.92 Å². The molecule has 0 radical (unpaired) electrons. The Morgan fingerprint density at radius 3 is 2.13 bits per heavy atom. The standard InChI is InChI=1S/C12H5F5N4S2/c1-4-20-21-11(22-4)23-10-9(12(15,16)17)18-7-2-5(13)6(14)3-8(7)19-10/h2-3H,1H3. The van der Waals surface area contributed by atoms with Gasteiger partial charge in [0.15, 0.2) is 21.7 Å². The minimum atomic E-state index is -4.80. The van der Waals surface area contributed by atoms with Crippen LogP contribution >= 0.6 is 23.1 Å². The van der Waals surface area contributed by atoms with Crippen molar-refractivity contribution in [2.45, 2.75) is 22.5 Å². The number of hydrogen-bond acceptors (Lipinski definition) is 6. The molecule has 0 N–H and O–H groups in total. The van der Waals surface area contributed by atoms with Crippen molar-refractivity contribution < 1.29 is 22.0 Å². The monoisotopic (exact) mass is 364 g/mol. The van der Waals surface area contributed by atoms with Crippen molar-refractivity contribution in [1.29, 1.82) is 0 Å². The van der Waals surface area contributed by atoms with Gasteiger partial charge in [0.2, 0.25) is 0 Å². The van der Waals surface area contributed by atoms with E-state index in [-0.39, 0.29) is 15.4 Å². The lowest BCUT2D eigenvalue weighted by Gasteiger charge is -2.11. The minimum Gasteiger partial charge on any atom is -0.239 e. The first-order valence-corrected chi connectivity index (χ1v) is 7.59. The Hall–Kier alpha value is -1.88. The zero-order chi connectivity index (χ0) is 16.8. The number of alkyl halides is 3. The average Bonchev–Trinajstić information content (AvgIpc) is 2.84. The maximum absolute atomic E-state index is 13.3. The molecule has 1 aromatic carbocycles. The fourth-order valence-corrected chi connectivity index (χ4v) is 3.52. The topological polar surface area (TPSA) is 51.6 Å². The lowest BCUT2D eigenvalue weighted by atomic mass is 10.2. The van der Waals surface area contributed by atoms with Crippen LogP contribution in [0.25, 0.3) is 11.0 Å². The third-order valence-corrected chi connectivity index (χ3v) is 4.50. The Bertz CT molecular complexity index is 893. The van der Waals surface area contributed by atoms with Crippen LogP contribution in [0.1, 0.15) is 10.7 Å². The van der Waals surface area contributed by atoms with E-state index < -0.39 is 28.5 Å². The number of hydrogen-bond donors (Lipinski definition) is 0. The van der Waals surface area contributed by atoms with Crippen LogP contribution in [-0.4, -0.2) is 20.2 Å². The molecular weight excluding hydrogens is 359 g/mol. The van der Waals surface area contributed by atoms with Gasteiger partial charge in [0.05, 0.1) is 11.0 Å². The summed E-state index contributed by atoms with van der Waals surface area (Å²) < 4.78 is 66.1. The summed E-state index contributed by atoms with van der Waals surface area (Å²) in [7, 11) is 0. The van der Waals surface area contributed by atoms with Gasteiger partial charge in [0, 0.05) is 12.1 Å². The predicted octanol–water partition coefficient (Wildman–Crippen LogP) is 4.24. The Balaban J connectivity index is 2.18. The van der Waals surface area contributed by atoms with Gasteiger partial charge in [0.1, 0.15) is 10.0 Å². The first-order chi connectivity index (χ1) is 10.7. The highest BCUT2D eigenvalue weighted by Gasteiger charge is 2.37. The summed E-state index contributed by atoms with van der Waals surface area (Å²) in [6.07, 6.45) is -4.80. The maximum Gasteiger partial charge on any atom is 0.436 e. The van der Waals surface area contributed by atoms with Crippen molar-refractivity contribution in [3.63, 3.8) is 0 Å². The fraction of sp³-hybridized carbons (Fsp3) is 0.167. The molecule has 3 rings (SSSR count). The third kappa shape index (κ3) is 3.24. The van der Waals surface area contributed by atoms with Gasteiger partial charge in [-0.25, -0.2) is 18.7 Å². The zero-order valence-electron chi connectivity index (χ0n) is 11.1. The van der Waals surface area contributed by atoms with Crippen molar-refractivity contribution in [3.8, 4) is 0 Å². The lowest BCUT2D eigenvalue weighted by molar-refractivity contribution is -0.143. The first kappa shape index (κ1) is 16.0. The molecule has 0 aliphatic rings. The average molecular weight is 364 g/mol. The van der Waals surface area contributed by atoms with Gasteiger partial charge in [-0.15, -0.1) is 10.2 Å². The SMILES string of the molecule is Cc1nnc(Sc2nc3cc(F)c(F)cc3nc2C(F)(F)F)s1. The van der Waals surface area contributed by atoms with Crippen LogP contribution in [0.2, 0.25) is 0 Å². The van der Waals surface area contributed by atoms with Crippen LogP contribution in [0.3, 0.4) is 0 Å². The molecule has 3 aromatic rings. The van der Waals surface area contributed by atoms with Gasteiger partial charge in [0.25, 0.3) is 0 Å². The smallest absolute Gasteiger partial charge is 0.239 e. The number of fused-ring (bicyclic) bond motifs is 1. The second-order valence-corrected chi connectivity index (χ2v) is 6.74. The molecule has 11 heteroatoms. The van der Waals surface area contributed by atoms with Gasteiger partial charge >= 0.3 is 6.18 Å². The first-order valence-electron chi connectivity index (χ1n) is 5.96.